The zero-order valence-corrected chi connectivity index (χ0v) is 23.2. The molecule has 0 radical (unpaired) electrons. The van der Waals surface area contributed by atoms with E-state index >= 15 is 0 Å². The molecule has 1 aliphatic heterocycles. The number of likely N-dealkylation sites (tertiary alicyclic amines) is 1. The maximum atomic E-state index is 13.6. The van der Waals surface area contributed by atoms with Crippen molar-refractivity contribution in [1.82, 2.24) is 15.5 Å². The van der Waals surface area contributed by atoms with Crippen molar-refractivity contribution in [3.05, 3.63) is 102 Å². The number of nitrogens with two attached hydrogens (primary N) is 2. The minimum Gasteiger partial charge on any atom is -0.508 e. The van der Waals surface area contributed by atoms with Crippen molar-refractivity contribution in [3.63, 3.8) is 0 Å². The van der Waals surface area contributed by atoms with E-state index in [1.54, 1.807) is 36.4 Å². The highest BCUT2D eigenvalue weighted by molar-refractivity contribution is 5.95. The van der Waals surface area contributed by atoms with Gasteiger partial charge in [-0.2, -0.15) is 0 Å². The molecule has 1 saturated heterocycles. The predicted molar refractivity (Wildman–Crippen MR) is 158 cm³/mol. The number of hydrogen-bond acceptors (Lipinski definition) is 6. The van der Waals surface area contributed by atoms with Gasteiger partial charge in [-0.05, 0) is 48.1 Å². The highest BCUT2D eigenvalue weighted by Gasteiger charge is 2.38. The van der Waals surface area contributed by atoms with Gasteiger partial charge in [-0.25, -0.2) is 0 Å². The second kappa shape index (κ2) is 14.3. The van der Waals surface area contributed by atoms with Gasteiger partial charge < -0.3 is 32.1 Å². The number of amides is 4. The summed E-state index contributed by atoms with van der Waals surface area (Å²) in [7, 11) is 0. The van der Waals surface area contributed by atoms with Gasteiger partial charge in [-0.3, -0.25) is 19.2 Å². The zero-order chi connectivity index (χ0) is 30.9. The molecule has 10 heteroatoms. The first-order chi connectivity index (χ1) is 20.6. The van der Waals surface area contributed by atoms with Gasteiger partial charge >= 0.3 is 0 Å². The minimum absolute atomic E-state index is 0.0930. The number of nitrogens with zero attached hydrogens (tertiary/aromatic N) is 1. The second-order valence-corrected chi connectivity index (χ2v) is 10.5. The van der Waals surface area contributed by atoms with Crippen molar-refractivity contribution >= 4 is 23.6 Å². The van der Waals surface area contributed by atoms with Crippen LogP contribution in [0, 0.1) is 0 Å². The van der Waals surface area contributed by atoms with E-state index in [-0.39, 0.29) is 30.9 Å². The Morgan fingerprint density at radius 1 is 0.857 bits per heavy atom. The summed E-state index contributed by atoms with van der Waals surface area (Å²) in [4.78, 5) is 54.1. The maximum absolute atomic E-state index is 13.6. The molecule has 42 heavy (non-hydrogen) atoms. The van der Waals surface area contributed by atoms with Crippen LogP contribution in [0.4, 0.5) is 0 Å². The van der Waals surface area contributed by atoms with Crippen LogP contribution >= 0.6 is 0 Å². The van der Waals surface area contributed by atoms with Gasteiger partial charge in [0.1, 0.15) is 23.9 Å². The van der Waals surface area contributed by atoms with Crippen molar-refractivity contribution in [2.75, 3.05) is 6.54 Å². The zero-order valence-electron chi connectivity index (χ0n) is 24.2. The van der Waals surface area contributed by atoms with E-state index in [1.165, 1.54) is 17.0 Å². The van der Waals surface area contributed by atoms with Crippen molar-refractivity contribution in [1.29, 1.82) is 0 Å². The van der Waals surface area contributed by atoms with E-state index < -0.39 is 41.9 Å². The number of nitrogens with one attached hydrogen (secondary N) is 2. The van der Waals surface area contributed by atoms with Gasteiger partial charge in [-0.15, -0.1) is 0 Å². The van der Waals surface area contributed by atoms with Gasteiger partial charge in [0.15, 0.2) is 0 Å². The quantitative estimate of drug-likeness (QED) is 0.218. The van der Waals surface area contributed by atoms with E-state index in [0.717, 1.165) is 11.1 Å². The summed E-state index contributed by atoms with van der Waals surface area (Å²) in [5.41, 5.74) is 14.1. The number of rotatable bonds is 12. The van der Waals surface area contributed by atoms with Crippen molar-refractivity contribution in [2.24, 2.45) is 11.5 Å². The van der Waals surface area contributed by atoms with Crippen LogP contribution in [0.2, 0.25) is 0 Å². The molecule has 4 atom stereocenters. The molecule has 7 N–H and O–H groups in total. The topological polar surface area (TPSA) is 168 Å². The van der Waals surface area contributed by atoms with Gasteiger partial charge in [0.2, 0.25) is 23.6 Å². The first-order valence-corrected chi connectivity index (χ1v) is 13.9. The fourth-order valence-electron chi connectivity index (χ4n) is 5.10. The molecule has 1 heterocycles. The molecule has 0 spiro atoms. The molecule has 4 rings (SSSR count). The maximum Gasteiger partial charge on any atom is 0.243 e. The number of benzene rings is 3. The number of carbonyl (C=O) groups is 4. The summed E-state index contributed by atoms with van der Waals surface area (Å²) in [6.45, 7) is 0.350. The van der Waals surface area contributed by atoms with E-state index in [2.05, 4.69) is 10.6 Å². The molecule has 1 aliphatic rings. The Kier molecular flexibility index (Phi) is 9.79. The summed E-state index contributed by atoms with van der Waals surface area (Å²) in [5.74, 6) is -2.08. The highest BCUT2D eigenvalue weighted by Crippen LogP contribution is 2.20. The van der Waals surface area contributed by atoms with Crippen LogP contribution in [-0.4, -0.2) is 64.3 Å². The first-order valence-electron chi connectivity index (χ1n) is 14.4. The van der Waals surface area contributed by atoms with E-state index in [0.29, 0.717) is 31.0 Å². The summed E-state index contributed by atoms with van der Waals surface area (Å²) < 4.78 is 7.75. The van der Waals surface area contributed by atoms with E-state index in [1.807, 2.05) is 30.3 Å². The van der Waals surface area contributed by atoms with Crippen LogP contribution < -0.4 is 22.1 Å². The molecular weight excluding hydrogens is 534 g/mol. The molecular formula is C32H37N5O5. The number of hydrogen-bond donors (Lipinski definition) is 5. The van der Waals surface area contributed by atoms with Crippen LogP contribution in [0.5, 0.6) is 5.75 Å². The lowest BCUT2D eigenvalue weighted by atomic mass is 10.0. The first kappa shape index (κ1) is 28.8. The molecule has 10 nitrogen and oxygen atoms in total. The van der Waals surface area contributed by atoms with Crippen molar-refractivity contribution in [3.8, 4) is 5.75 Å². The fourth-order valence-corrected chi connectivity index (χ4v) is 5.10. The lowest BCUT2D eigenvalue weighted by molar-refractivity contribution is -0.140. The molecule has 0 unspecified atom stereocenters. The Morgan fingerprint density at radius 2 is 1.45 bits per heavy atom. The SMILES string of the molecule is [3H]c1ccc(C[C@H](NC(=O)[C@@H]2CCCN2C(=O)[C@@H](N)Cc2ccc(O)cc2)C(=O)N[C@@H](Cc2ccccc2)C(N)=O)cc1. The molecule has 1 fully saturated rings. The van der Waals surface area contributed by atoms with Gasteiger partial charge in [-0.1, -0.05) is 72.8 Å². The third-order valence-corrected chi connectivity index (χ3v) is 7.35. The normalized spacial score (nSPS) is 17.0. The van der Waals surface area contributed by atoms with E-state index in [4.69, 9.17) is 12.8 Å². The Bertz CT molecular complexity index is 1420. The lowest BCUT2D eigenvalue weighted by Crippen LogP contribution is -2.58. The van der Waals surface area contributed by atoms with Gasteiger partial charge in [0.25, 0.3) is 0 Å². The van der Waals surface area contributed by atoms with Crippen molar-refractivity contribution < 1.29 is 25.7 Å². The van der Waals surface area contributed by atoms with Gasteiger partial charge in [0, 0.05) is 19.4 Å². The number of primary amides is 1. The third-order valence-electron chi connectivity index (χ3n) is 7.35. The second-order valence-electron chi connectivity index (χ2n) is 10.5. The van der Waals surface area contributed by atoms with E-state index in [9.17, 15) is 24.3 Å². The minimum atomic E-state index is -1.08. The summed E-state index contributed by atoms with van der Waals surface area (Å²) in [5, 5.41) is 15.0. The molecule has 0 bridgehead atoms. The molecule has 4 amide bonds. The monoisotopic (exact) mass is 573 g/mol. The Morgan fingerprint density at radius 3 is 2.10 bits per heavy atom. The molecule has 3 aromatic carbocycles. The van der Waals surface area contributed by atoms with Crippen LogP contribution in [0.1, 0.15) is 30.9 Å². The Labute approximate surface area is 246 Å². The van der Waals surface area contributed by atoms with Crippen LogP contribution in [0.15, 0.2) is 84.9 Å². The molecule has 0 saturated carbocycles. The Hall–Kier alpha value is -4.70. The largest absolute Gasteiger partial charge is 0.508 e. The fraction of sp³-hybridized carbons (Fsp3) is 0.312. The lowest BCUT2D eigenvalue weighted by Gasteiger charge is -2.29. The molecule has 0 aromatic heterocycles. The van der Waals surface area contributed by atoms with Crippen LogP contribution in [0.3, 0.4) is 0 Å². The average Bonchev–Trinajstić information content (AvgIpc) is 3.49. The molecule has 3 aromatic rings. The number of aromatic hydroxyl groups is 1. The summed E-state index contributed by atoms with van der Waals surface area (Å²) >= 11 is 0. The van der Waals surface area contributed by atoms with Crippen molar-refractivity contribution in [2.45, 2.75) is 56.3 Å². The molecule has 220 valence electrons. The number of phenolic OH excluding ortho intramolecular Hbond substituents is 1. The summed E-state index contributed by atoms with van der Waals surface area (Å²) in [6, 6.07) is 18.6. The average molecular weight is 574 g/mol. The Balaban J connectivity index is 1.48. The highest BCUT2D eigenvalue weighted by atomic mass is 16.3. The molecule has 0 aliphatic carbocycles. The third kappa shape index (κ3) is 8.17. The van der Waals surface area contributed by atoms with Gasteiger partial charge in [0.05, 0.1) is 7.41 Å². The standard InChI is InChI=1S/C32H37N5O5/c33-25(18-23-13-15-24(38)16-14-23)32(42)37-17-7-12-28(37)31(41)36-27(20-22-10-5-2-6-11-22)30(40)35-26(29(34)39)19-21-8-3-1-4-9-21/h1-6,8-11,13-16,25-28,38H,7,12,17-20,33H2,(H2,34,39)(H,35,40)(H,36,41)/t25-,26-,27-,28-/m0/s1/i2T. The predicted octanol–water partition coefficient (Wildman–Crippen LogP) is 1.19. The van der Waals surface area contributed by atoms with Crippen LogP contribution in [-0.2, 0) is 38.4 Å². The summed E-state index contributed by atoms with van der Waals surface area (Å²) in [6.07, 6.45) is 1.51. The van der Waals surface area contributed by atoms with Crippen LogP contribution in [0.25, 0.3) is 0 Å². The smallest absolute Gasteiger partial charge is 0.243 e. The number of phenols is 1. The number of carbonyl (C=O) groups excluding carboxylic acids is 4.